The highest BCUT2D eigenvalue weighted by Gasteiger charge is 2.26. The van der Waals surface area contributed by atoms with E-state index in [1.807, 2.05) is 0 Å². The SMILES string of the molecule is CS(=O)(=O)N1CCc2cccc(N3CCNCC3)c2C1. The highest BCUT2D eigenvalue weighted by Crippen LogP contribution is 2.30. The van der Waals surface area contributed by atoms with Gasteiger partial charge in [0.05, 0.1) is 6.26 Å². The molecule has 0 bridgehead atoms. The van der Waals surface area contributed by atoms with Crippen LogP contribution in [-0.4, -0.2) is 51.7 Å². The maximum absolute atomic E-state index is 11.8. The van der Waals surface area contributed by atoms with Crippen LogP contribution in [0.2, 0.25) is 0 Å². The molecule has 0 radical (unpaired) electrons. The maximum Gasteiger partial charge on any atom is 0.211 e. The first-order valence-corrected chi connectivity index (χ1v) is 8.92. The molecule has 6 heteroatoms. The van der Waals surface area contributed by atoms with Gasteiger partial charge in [-0.3, -0.25) is 0 Å². The first kappa shape index (κ1) is 13.9. The number of anilines is 1. The molecule has 5 nitrogen and oxygen atoms in total. The number of sulfonamides is 1. The molecule has 1 N–H and O–H groups in total. The summed E-state index contributed by atoms with van der Waals surface area (Å²) in [4.78, 5) is 2.36. The Morgan fingerprint density at radius 1 is 1.15 bits per heavy atom. The van der Waals surface area contributed by atoms with Crippen molar-refractivity contribution in [3.63, 3.8) is 0 Å². The van der Waals surface area contributed by atoms with Crippen molar-refractivity contribution in [3.8, 4) is 0 Å². The summed E-state index contributed by atoms with van der Waals surface area (Å²) in [5.41, 5.74) is 3.68. The Hall–Kier alpha value is -1.11. The fraction of sp³-hybridized carbons (Fsp3) is 0.571. The largest absolute Gasteiger partial charge is 0.369 e. The van der Waals surface area contributed by atoms with Gasteiger partial charge in [-0.05, 0) is 23.6 Å². The van der Waals surface area contributed by atoms with Gasteiger partial charge in [0.1, 0.15) is 0 Å². The number of piperazine rings is 1. The fourth-order valence-electron chi connectivity index (χ4n) is 3.02. The average molecular weight is 295 g/mol. The summed E-state index contributed by atoms with van der Waals surface area (Å²) in [7, 11) is -3.11. The molecule has 1 saturated heterocycles. The number of benzene rings is 1. The zero-order valence-electron chi connectivity index (χ0n) is 11.8. The summed E-state index contributed by atoms with van der Waals surface area (Å²) in [5.74, 6) is 0. The number of nitrogens with zero attached hydrogens (tertiary/aromatic N) is 2. The van der Waals surface area contributed by atoms with Crippen LogP contribution >= 0.6 is 0 Å². The number of nitrogens with one attached hydrogen (secondary N) is 1. The molecule has 2 heterocycles. The molecule has 0 saturated carbocycles. The van der Waals surface area contributed by atoms with Crippen LogP contribution in [-0.2, 0) is 23.0 Å². The lowest BCUT2D eigenvalue weighted by molar-refractivity contribution is 0.394. The first-order valence-electron chi connectivity index (χ1n) is 7.07. The lowest BCUT2D eigenvalue weighted by Gasteiger charge is -2.35. The van der Waals surface area contributed by atoms with Crippen molar-refractivity contribution in [2.75, 3.05) is 43.9 Å². The Morgan fingerprint density at radius 3 is 2.60 bits per heavy atom. The van der Waals surface area contributed by atoms with E-state index in [1.54, 1.807) is 4.31 Å². The highest BCUT2D eigenvalue weighted by atomic mass is 32.2. The molecule has 0 spiro atoms. The normalized spacial score (nSPS) is 20.8. The summed E-state index contributed by atoms with van der Waals surface area (Å²) in [5, 5.41) is 3.35. The first-order chi connectivity index (χ1) is 9.55. The van der Waals surface area contributed by atoms with Crippen LogP contribution in [0.25, 0.3) is 0 Å². The third-order valence-corrected chi connectivity index (χ3v) is 5.39. The van der Waals surface area contributed by atoms with Crippen molar-refractivity contribution in [1.82, 2.24) is 9.62 Å². The Bertz CT molecular complexity index is 594. The van der Waals surface area contributed by atoms with E-state index >= 15 is 0 Å². The van der Waals surface area contributed by atoms with Gasteiger partial charge < -0.3 is 10.2 Å². The van der Waals surface area contributed by atoms with Crippen LogP contribution in [0.3, 0.4) is 0 Å². The van der Waals surface area contributed by atoms with Crippen LogP contribution in [0.5, 0.6) is 0 Å². The zero-order chi connectivity index (χ0) is 14.2. The van der Waals surface area contributed by atoms with Crippen molar-refractivity contribution in [2.45, 2.75) is 13.0 Å². The molecule has 1 aromatic carbocycles. The minimum absolute atomic E-state index is 0.508. The molecule has 0 aliphatic carbocycles. The molecule has 1 aromatic rings. The minimum atomic E-state index is -3.11. The van der Waals surface area contributed by atoms with Crippen molar-refractivity contribution >= 4 is 15.7 Å². The Morgan fingerprint density at radius 2 is 1.90 bits per heavy atom. The molecule has 0 atom stereocenters. The second kappa shape index (κ2) is 5.35. The quantitative estimate of drug-likeness (QED) is 0.859. The minimum Gasteiger partial charge on any atom is -0.369 e. The van der Waals surface area contributed by atoms with Crippen LogP contribution in [0.4, 0.5) is 5.69 Å². The van der Waals surface area contributed by atoms with Gasteiger partial charge in [0, 0.05) is 45.0 Å². The molecule has 110 valence electrons. The van der Waals surface area contributed by atoms with Crippen LogP contribution in [0.15, 0.2) is 18.2 Å². The maximum atomic E-state index is 11.8. The smallest absolute Gasteiger partial charge is 0.211 e. The fourth-order valence-corrected chi connectivity index (χ4v) is 3.81. The van der Waals surface area contributed by atoms with E-state index in [9.17, 15) is 8.42 Å². The standard InChI is InChI=1S/C14H21N3O2S/c1-20(18,19)17-8-5-12-3-2-4-14(13(12)11-17)16-9-6-15-7-10-16/h2-4,15H,5-11H2,1H3. The van der Waals surface area contributed by atoms with Crippen LogP contribution in [0.1, 0.15) is 11.1 Å². The predicted octanol–water partition coefficient (Wildman–Crippen LogP) is 0.414. The van der Waals surface area contributed by atoms with Gasteiger partial charge in [0.25, 0.3) is 0 Å². The van der Waals surface area contributed by atoms with Crippen molar-refractivity contribution in [3.05, 3.63) is 29.3 Å². The highest BCUT2D eigenvalue weighted by molar-refractivity contribution is 7.88. The van der Waals surface area contributed by atoms with E-state index in [0.717, 1.165) is 32.6 Å². The van der Waals surface area contributed by atoms with Gasteiger partial charge in [0.2, 0.25) is 10.0 Å². The molecule has 1 fully saturated rings. The summed E-state index contributed by atoms with van der Waals surface area (Å²) in [6.07, 6.45) is 2.10. The van der Waals surface area contributed by atoms with Gasteiger partial charge in [-0.1, -0.05) is 12.1 Å². The molecular formula is C14H21N3O2S. The van der Waals surface area contributed by atoms with Crippen molar-refractivity contribution in [1.29, 1.82) is 0 Å². The number of hydrogen-bond acceptors (Lipinski definition) is 4. The van der Waals surface area contributed by atoms with Crippen LogP contribution in [0, 0.1) is 0 Å². The molecule has 0 amide bonds. The van der Waals surface area contributed by atoms with E-state index in [4.69, 9.17) is 0 Å². The lowest BCUT2D eigenvalue weighted by atomic mass is 9.98. The third kappa shape index (κ3) is 2.68. The predicted molar refractivity (Wildman–Crippen MR) is 80.5 cm³/mol. The van der Waals surface area contributed by atoms with Gasteiger partial charge in [0.15, 0.2) is 0 Å². The van der Waals surface area contributed by atoms with Gasteiger partial charge in [-0.25, -0.2) is 8.42 Å². The van der Waals surface area contributed by atoms with Crippen LogP contribution < -0.4 is 10.2 Å². The van der Waals surface area contributed by atoms with Crippen molar-refractivity contribution in [2.24, 2.45) is 0 Å². The molecule has 3 rings (SSSR count). The summed E-state index contributed by atoms with van der Waals surface area (Å²) >= 11 is 0. The summed E-state index contributed by atoms with van der Waals surface area (Å²) < 4.78 is 25.2. The number of fused-ring (bicyclic) bond motifs is 1. The number of rotatable bonds is 2. The zero-order valence-corrected chi connectivity index (χ0v) is 12.6. The molecule has 0 aromatic heterocycles. The van der Waals surface area contributed by atoms with E-state index in [0.29, 0.717) is 13.1 Å². The molecule has 20 heavy (non-hydrogen) atoms. The Balaban J connectivity index is 1.94. The molecular weight excluding hydrogens is 274 g/mol. The topological polar surface area (TPSA) is 52.7 Å². The molecule has 2 aliphatic rings. The van der Waals surface area contributed by atoms with Gasteiger partial charge >= 0.3 is 0 Å². The lowest BCUT2D eigenvalue weighted by Crippen LogP contribution is -2.44. The second-order valence-corrected chi connectivity index (χ2v) is 7.48. The molecule has 0 unspecified atom stereocenters. The van der Waals surface area contributed by atoms with E-state index in [2.05, 4.69) is 28.4 Å². The number of hydrogen-bond donors (Lipinski definition) is 1. The second-order valence-electron chi connectivity index (χ2n) is 5.50. The van der Waals surface area contributed by atoms with Crippen molar-refractivity contribution < 1.29 is 8.42 Å². The Labute approximate surface area is 120 Å². The van der Waals surface area contributed by atoms with Gasteiger partial charge in [-0.15, -0.1) is 0 Å². The van der Waals surface area contributed by atoms with Gasteiger partial charge in [-0.2, -0.15) is 4.31 Å². The van der Waals surface area contributed by atoms with E-state index in [1.165, 1.54) is 23.1 Å². The average Bonchev–Trinajstić information content (AvgIpc) is 2.46. The summed E-state index contributed by atoms with van der Waals surface area (Å²) in [6.45, 7) is 5.04. The monoisotopic (exact) mass is 295 g/mol. The van der Waals surface area contributed by atoms with E-state index < -0.39 is 10.0 Å². The van der Waals surface area contributed by atoms with E-state index in [-0.39, 0.29) is 0 Å². The summed E-state index contributed by atoms with van der Waals surface area (Å²) in [6, 6.07) is 6.34. The third-order valence-electron chi connectivity index (χ3n) is 4.14. The Kier molecular flexibility index (Phi) is 3.70. The molecule has 2 aliphatic heterocycles.